The summed E-state index contributed by atoms with van der Waals surface area (Å²) in [7, 11) is 0. The predicted molar refractivity (Wildman–Crippen MR) is 85.7 cm³/mol. The summed E-state index contributed by atoms with van der Waals surface area (Å²) >= 11 is 4.93. The molecule has 1 fully saturated rings. The Bertz CT molecular complexity index is 488. The van der Waals surface area contributed by atoms with Gasteiger partial charge in [-0.3, -0.25) is 4.79 Å². The number of carbonyl (C=O) groups is 1. The average molecular weight is 290 g/mol. The van der Waals surface area contributed by atoms with Gasteiger partial charge in [0.05, 0.1) is 6.42 Å². The van der Waals surface area contributed by atoms with Crippen molar-refractivity contribution >= 4 is 23.1 Å². The third-order valence-electron chi connectivity index (χ3n) is 4.08. The lowest BCUT2D eigenvalue weighted by Crippen LogP contribution is -2.48. The molecule has 0 saturated carbocycles. The molecule has 4 heteroatoms. The Balaban J connectivity index is 2.05. The summed E-state index contributed by atoms with van der Waals surface area (Å²) in [6.07, 6.45) is 3.88. The van der Waals surface area contributed by atoms with Crippen molar-refractivity contribution in [1.29, 1.82) is 0 Å². The minimum Gasteiger partial charge on any atom is -0.389 e. The number of rotatable bonds is 3. The topological polar surface area (TPSA) is 46.3 Å². The highest BCUT2D eigenvalue weighted by Crippen LogP contribution is 2.23. The maximum Gasteiger partial charge on any atom is 0.227 e. The highest BCUT2D eigenvalue weighted by Gasteiger charge is 2.28. The average Bonchev–Trinajstić information content (AvgIpc) is 2.39. The summed E-state index contributed by atoms with van der Waals surface area (Å²) in [6.45, 7) is 4.28. The second kappa shape index (κ2) is 6.35. The van der Waals surface area contributed by atoms with Crippen LogP contribution in [0.5, 0.6) is 0 Å². The molecule has 1 amide bonds. The fraction of sp³-hybridized carbons (Fsp3) is 0.500. The maximum absolute atomic E-state index is 12.5. The number of benzene rings is 1. The SMILES string of the molecule is C[C@@H]1CCC[C@H](C)N1C(=O)Cc1ccc(C(N)=S)cc1. The highest BCUT2D eigenvalue weighted by molar-refractivity contribution is 7.80. The van der Waals surface area contributed by atoms with Crippen LogP contribution in [0.3, 0.4) is 0 Å². The third-order valence-corrected chi connectivity index (χ3v) is 4.31. The van der Waals surface area contributed by atoms with Crippen LogP contribution in [-0.4, -0.2) is 27.9 Å². The lowest BCUT2D eigenvalue weighted by atomic mass is 9.96. The summed E-state index contributed by atoms with van der Waals surface area (Å²) in [5.41, 5.74) is 7.43. The van der Waals surface area contributed by atoms with Crippen molar-refractivity contribution < 1.29 is 4.79 Å². The first kappa shape index (κ1) is 15.0. The van der Waals surface area contributed by atoms with Crippen LogP contribution in [0.25, 0.3) is 0 Å². The third kappa shape index (κ3) is 3.37. The normalized spacial score (nSPS) is 22.6. The Morgan fingerprint density at radius 2 is 1.80 bits per heavy atom. The molecular weight excluding hydrogens is 268 g/mol. The van der Waals surface area contributed by atoms with E-state index in [1.165, 1.54) is 6.42 Å². The van der Waals surface area contributed by atoms with Crippen LogP contribution in [0.1, 0.15) is 44.2 Å². The molecular formula is C16H22N2OS. The van der Waals surface area contributed by atoms with Crippen LogP contribution in [0, 0.1) is 0 Å². The molecule has 2 rings (SSSR count). The molecule has 108 valence electrons. The highest BCUT2D eigenvalue weighted by atomic mass is 32.1. The Hall–Kier alpha value is -1.42. The van der Waals surface area contributed by atoms with Gasteiger partial charge in [-0.15, -0.1) is 0 Å². The van der Waals surface area contributed by atoms with Gasteiger partial charge in [0.1, 0.15) is 4.99 Å². The van der Waals surface area contributed by atoms with Crippen LogP contribution < -0.4 is 5.73 Å². The Kier molecular flexibility index (Phi) is 4.76. The predicted octanol–water partition coefficient (Wildman–Crippen LogP) is 2.65. The Morgan fingerprint density at radius 1 is 1.25 bits per heavy atom. The summed E-state index contributed by atoms with van der Waals surface area (Å²) in [5.74, 6) is 0.216. The number of likely N-dealkylation sites (tertiary alicyclic amines) is 1. The van der Waals surface area contributed by atoms with Gasteiger partial charge >= 0.3 is 0 Å². The van der Waals surface area contributed by atoms with E-state index in [0.717, 1.165) is 24.0 Å². The van der Waals surface area contributed by atoms with Gasteiger partial charge in [0.25, 0.3) is 0 Å². The monoisotopic (exact) mass is 290 g/mol. The smallest absolute Gasteiger partial charge is 0.227 e. The molecule has 0 unspecified atom stereocenters. The van der Waals surface area contributed by atoms with Crippen molar-refractivity contribution in [3.63, 3.8) is 0 Å². The van der Waals surface area contributed by atoms with Gasteiger partial charge in [-0.1, -0.05) is 36.5 Å². The number of hydrogen-bond acceptors (Lipinski definition) is 2. The molecule has 2 N–H and O–H groups in total. The van der Waals surface area contributed by atoms with E-state index in [4.69, 9.17) is 18.0 Å². The lowest BCUT2D eigenvalue weighted by molar-refractivity contribution is -0.136. The van der Waals surface area contributed by atoms with Crippen LogP contribution in [0.2, 0.25) is 0 Å². The van der Waals surface area contributed by atoms with Gasteiger partial charge in [-0.05, 0) is 38.7 Å². The molecule has 0 spiro atoms. The molecule has 1 aliphatic rings. The molecule has 0 bridgehead atoms. The molecule has 3 nitrogen and oxygen atoms in total. The van der Waals surface area contributed by atoms with Crippen molar-refractivity contribution in [1.82, 2.24) is 4.90 Å². The Morgan fingerprint density at radius 3 is 2.30 bits per heavy atom. The molecule has 20 heavy (non-hydrogen) atoms. The van der Waals surface area contributed by atoms with Crippen molar-refractivity contribution in [2.75, 3.05) is 0 Å². The summed E-state index contributed by atoms with van der Waals surface area (Å²) in [4.78, 5) is 14.9. The summed E-state index contributed by atoms with van der Waals surface area (Å²) in [6, 6.07) is 8.34. The van der Waals surface area contributed by atoms with Gasteiger partial charge in [0, 0.05) is 17.6 Å². The first-order chi connectivity index (χ1) is 9.49. The zero-order valence-corrected chi connectivity index (χ0v) is 13.0. The molecule has 1 heterocycles. The first-order valence-corrected chi connectivity index (χ1v) is 7.59. The number of hydrogen-bond donors (Lipinski definition) is 1. The van der Waals surface area contributed by atoms with Crippen LogP contribution >= 0.6 is 12.2 Å². The molecule has 1 saturated heterocycles. The largest absolute Gasteiger partial charge is 0.389 e. The number of nitrogens with two attached hydrogens (primary N) is 1. The zero-order valence-electron chi connectivity index (χ0n) is 12.1. The second-order valence-electron chi connectivity index (χ2n) is 5.67. The number of amides is 1. The van der Waals surface area contributed by atoms with Gasteiger partial charge < -0.3 is 10.6 Å². The first-order valence-electron chi connectivity index (χ1n) is 7.19. The van der Waals surface area contributed by atoms with E-state index in [9.17, 15) is 4.79 Å². The molecule has 1 aliphatic heterocycles. The molecule has 1 aromatic carbocycles. The quantitative estimate of drug-likeness (QED) is 0.871. The van der Waals surface area contributed by atoms with Crippen molar-refractivity contribution in [2.24, 2.45) is 5.73 Å². The van der Waals surface area contributed by atoms with E-state index in [1.54, 1.807) is 0 Å². The van der Waals surface area contributed by atoms with Crippen molar-refractivity contribution in [3.8, 4) is 0 Å². The van der Waals surface area contributed by atoms with E-state index in [1.807, 2.05) is 29.2 Å². The summed E-state index contributed by atoms with van der Waals surface area (Å²) in [5, 5.41) is 0. The van der Waals surface area contributed by atoms with Crippen LogP contribution in [0.4, 0.5) is 0 Å². The summed E-state index contributed by atoms with van der Waals surface area (Å²) < 4.78 is 0. The minimum absolute atomic E-state index is 0.216. The van der Waals surface area contributed by atoms with Crippen molar-refractivity contribution in [3.05, 3.63) is 35.4 Å². The Labute approximate surface area is 126 Å². The van der Waals surface area contributed by atoms with Gasteiger partial charge in [-0.2, -0.15) is 0 Å². The molecule has 0 radical (unpaired) electrons. The van der Waals surface area contributed by atoms with E-state index in [-0.39, 0.29) is 5.91 Å². The van der Waals surface area contributed by atoms with Gasteiger partial charge in [0.15, 0.2) is 0 Å². The fourth-order valence-corrected chi connectivity index (χ4v) is 3.10. The fourth-order valence-electron chi connectivity index (χ4n) is 2.97. The molecule has 1 aromatic rings. The minimum atomic E-state index is 0.216. The second-order valence-corrected chi connectivity index (χ2v) is 6.11. The lowest BCUT2D eigenvalue weighted by Gasteiger charge is -2.39. The van der Waals surface area contributed by atoms with E-state index < -0.39 is 0 Å². The van der Waals surface area contributed by atoms with Crippen LogP contribution in [-0.2, 0) is 11.2 Å². The standard InChI is InChI=1S/C16H22N2OS/c1-11-4-3-5-12(2)18(11)15(19)10-13-6-8-14(9-7-13)16(17)20/h6-9,11-12H,3-5,10H2,1-2H3,(H2,17,20)/t11-,12+. The maximum atomic E-state index is 12.5. The molecule has 0 aliphatic carbocycles. The number of carbonyl (C=O) groups excluding carboxylic acids is 1. The zero-order chi connectivity index (χ0) is 14.7. The number of thiocarbonyl (C=S) groups is 1. The van der Waals surface area contributed by atoms with E-state index in [0.29, 0.717) is 23.5 Å². The van der Waals surface area contributed by atoms with Crippen LogP contribution in [0.15, 0.2) is 24.3 Å². The van der Waals surface area contributed by atoms with E-state index in [2.05, 4.69) is 13.8 Å². The number of nitrogens with zero attached hydrogens (tertiary/aromatic N) is 1. The van der Waals surface area contributed by atoms with Gasteiger partial charge in [0.2, 0.25) is 5.91 Å². The molecule has 0 aromatic heterocycles. The van der Waals surface area contributed by atoms with Gasteiger partial charge in [-0.25, -0.2) is 0 Å². The molecule has 2 atom stereocenters. The number of piperidine rings is 1. The van der Waals surface area contributed by atoms with E-state index >= 15 is 0 Å². The van der Waals surface area contributed by atoms with Crippen molar-refractivity contribution in [2.45, 2.75) is 51.6 Å².